The van der Waals surface area contributed by atoms with Gasteiger partial charge in [0, 0.05) is 25.3 Å². The fraction of sp³-hybridized carbons (Fsp3) is 0.368. The number of nitrogens with zero attached hydrogens (tertiary/aromatic N) is 2. The zero-order valence-corrected chi connectivity index (χ0v) is 14.0. The third-order valence-electron chi connectivity index (χ3n) is 4.87. The Hall–Kier alpha value is -1.49. The first-order valence-corrected chi connectivity index (χ1v) is 8.99. The number of rotatable bonds is 3. The first-order valence-electron chi connectivity index (χ1n) is 8.21. The highest BCUT2D eigenvalue weighted by Crippen LogP contribution is 2.47. The Morgan fingerprint density at radius 2 is 1.74 bits per heavy atom. The number of benzene rings is 2. The molecule has 2 fully saturated rings. The van der Waals surface area contributed by atoms with Crippen molar-refractivity contribution in [2.24, 2.45) is 0 Å². The molecule has 2 aromatic rings. The average Bonchev–Trinajstić information content (AvgIpc) is 3.14. The molecule has 0 radical (unpaired) electrons. The molecule has 2 heterocycles. The van der Waals surface area contributed by atoms with Crippen molar-refractivity contribution in [3.8, 4) is 0 Å². The molecule has 0 aromatic heterocycles. The summed E-state index contributed by atoms with van der Waals surface area (Å²) in [5, 5.41) is 10.7. The van der Waals surface area contributed by atoms with Gasteiger partial charge in [-0.15, -0.1) is 0 Å². The third-order valence-corrected chi connectivity index (χ3v) is 6.42. The quantitative estimate of drug-likeness (QED) is 0.877. The number of hydrogen-bond acceptors (Lipinski definition) is 4. The highest BCUT2D eigenvalue weighted by atomic mass is 32.2. The predicted octanol–water partition coefficient (Wildman–Crippen LogP) is 3.16. The molecule has 0 amide bonds. The Balaban J connectivity index is 1.45. The lowest BCUT2D eigenvalue weighted by molar-refractivity contribution is 0.145. The molecule has 3 nitrogen and oxygen atoms in total. The summed E-state index contributed by atoms with van der Waals surface area (Å²) in [4.78, 5) is 2.47. The molecular weight excluding hydrogens is 304 g/mol. The molecule has 2 atom stereocenters. The van der Waals surface area contributed by atoms with Crippen molar-refractivity contribution in [1.82, 2.24) is 4.90 Å². The Bertz CT molecular complexity index is 651. The number of hydrogen-bond donors (Lipinski definition) is 1. The van der Waals surface area contributed by atoms with Crippen molar-refractivity contribution in [3.63, 3.8) is 0 Å². The van der Waals surface area contributed by atoms with Crippen molar-refractivity contribution in [2.45, 2.75) is 23.8 Å². The molecular formula is C19H22N2OS. The number of para-hydroxylation sites is 1. The van der Waals surface area contributed by atoms with Crippen LogP contribution >= 0.6 is 11.9 Å². The van der Waals surface area contributed by atoms with E-state index >= 15 is 0 Å². The van der Waals surface area contributed by atoms with Crippen LogP contribution in [0.5, 0.6) is 0 Å². The molecule has 2 aromatic carbocycles. The zero-order chi connectivity index (χ0) is 15.7. The smallest absolute Gasteiger partial charge is 0.0902 e. The van der Waals surface area contributed by atoms with Gasteiger partial charge < -0.3 is 9.41 Å². The fourth-order valence-corrected chi connectivity index (χ4v) is 5.10. The summed E-state index contributed by atoms with van der Waals surface area (Å²) in [7, 11) is 0. The van der Waals surface area contributed by atoms with Crippen molar-refractivity contribution >= 4 is 17.6 Å². The van der Waals surface area contributed by atoms with E-state index in [-0.39, 0.29) is 10.9 Å². The molecule has 23 heavy (non-hydrogen) atoms. The Labute approximate surface area is 142 Å². The Kier molecular flexibility index (Phi) is 4.05. The lowest BCUT2D eigenvalue weighted by atomic mass is 10.0. The molecule has 0 saturated carbocycles. The van der Waals surface area contributed by atoms with Crippen LogP contribution in [0.1, 0.15) is 12.0 Å². The molecule has 4 rings (SSSR count). The van der Waals surface area contributed by atoms with Crippen molar-refractivity contribution in [1.29, 1.82) is 0 Å². The van der Waals surface area contributed by atoms with Crippen LogP contribution in [0, 0.1) is 0 Å². The highest BCUT2D eigenvalue weighted by molar-refractivity contribution is 8.02. The summed E-state index contributed by atoms with van der Waals surface area (Å²) in [5.74, 6) is 0. The maximum atomic E-state index is 10.7. The van der Waals surface area contributed by atoms with Gasteiger partial charge in [-0.05, 0) is 36.1 Å². The van der Waals surface area contributed by atoms with E-state index in [0.29, 0.717) is 6.54 Å². The third kappa shape index (κ3) is 2.99. The molecule has 1 N–H and O–H groups in total. The van der Waals surface area contributed by atoms with Gasteiger partial charge in [-0.2, -0.15) is 0 Å². The van der Waals surface area contributed by atoms with E-state index in [1.54, 1.807) is 0 Å². The minimum absolute atomic E-state index is 0.0510. The van der Waals surface area contributed by atoms with Gasteiger partial charge in [0.05, 0.1) is 17.4 Å². The van der Waals surface area contributed by atoms with Gasteiger partial charge in [-0.25, -0.2) is 0 Å². The SMILES string of the molecule is O[C@H]1CN(c2ccccc2)S[C@@]12CCN(Cc1ccccc1)C2. The minimum atomic E-state index is -0.270. The summed E-state index contributed by atoms with van der Waals surface area (Å²) in [6.45, 7) is 3.70. The van der Waals surface area contributed by atoms with Gasteiger partial charge in [-0.1, -0.05) is 48.5 Å². The lowest BCUT2D eigenvalue weighted by Gasteiger charge is -2.26. The first kappa shape index (κ1) is 15.1. The Morgan fingerprint density at radius 1 is 1.04 bits per heavy atom. The number of likely N-dealkylation sites (tertiary alicyclic amines) is 1. The fourth-order valence-electron chi connectivity index (χ4n) is 3.60. The molecule has 1 spiro atoms. The van der Waals surface area contributed by atoms with Crippen LogP contribution < -0.4 is 4.31 Å². The number of aliphatic hydroxyl groups is 1. The van der Waals surface area contributed by atoms with Gasteiger partial charge in [-0.3, -0.25) is 4.90 Å². The van der Waals surface area contributed by atoms with Crippen LogP contribution in [0.3, 0.4) is 0 Å². The average molecular weight is 326 g/mol. The van der Waals surface area contributed by atoms with Crippen molar-refractivity contribution in [3.05, 3.63) is 66.2 Å². The maximum Gasteiger partial charge on any atom is 0.0902 e. The standard InChI is InChI=1S/C19H22N2OS/c22-18-14-21(17-9-5-2-6-10-17)23-19(18)11-12-20(15-19)13-16-7-3-1-4-8-16/h1-10,18,22H,11-15H2/t18-,19+/m0/s1. The van der Waals surface area contributed by atoms with Gasteiger partial charge in [0.1, 0.15) is 0 Å². The molecule has 0 aliphatic carbocycles. The monoisotopic (exact) mass is 326 g/mol. The van der Waals surface area contributed by atoms with Crippen LogP contribution in [0.15, 0.2) is 60.7 Å². The normalized spacial score (nSPS) is 27.9. The number of aliphatic hydroxyl groups excluding tert-OH is 1. The van der Waals surface area contributed by atoms with Gasteiger partial charge >= 0.3 is 0 Å². The van der Waals surface area contributed by atoms with E-state index in [2.05, 4.69) is 63.8 Å². The van der Waals surface area contributed by atoms with Gasteiger partial charge in [0.2, 0.25) is 0 Å². The van der Waals surface area contributed by atoms with E-state index in [4.69, 9.17) is 0 Å². The second kappa shape index (κ2) is 6.19. The van der Waals surface area contributed by atoms with Crippen LogP contribution in [0.2, 0.25) is 0 Å². The van der Waals surface area contributed by atoms with Gasteiger partial charge in [0.15, 0.2) is 0 Å². The summed E-state index contributed by atoms with van der Waals surface area (Å²) in [6.07, 6.45) is 0.781. The largest absolute Gasteiger partial charge is 0.390 e. The lowest BCUT2D eigenvalue weighted by Crippen LogP contribution is -2.39. The van der Waals surface area contributed by atoms with Crippen LogP contribution in [-0.4, -0.2) is 40.5 Å². The Morgan fingerprint density at radius 3 is 2.48 bits per heavy atom. The number of anilines is 1. The topological polar surface area (TPSA) is 26.7 Å². The van der Waals surface area contributed by atoms with E-state index < -0.39 is 0 Å². The molecule has 120 valence electrons. The summed E-state index contributed by atoms with van der Waals surface area (Å²) < 4.78 is 2.21. The van der Waals surface area contributed by atoms with Gasteiger partial charge in [0.25, 0.3) is 0 Å². The summed E-state index contributed by atoms with van der Waals surface area (Å²) >= 11 is 1.84. The van der Waals surface area contributed by atoms with E-state index in [9.17, 15) is 5.11 Å². The van der Waals surface area contributed by atoms with E-state index in [1.807, 2.05) is 18.0 Å². The van der Waals surface area contributed by atoms with Crippen LogP contribution in [0.25, 0.3) is 0 Å². The van der Waals surface area contributed by atoms with E-state index in [1.165, 1.54) is 11.3 Å². The number of β-amino-alcohol motifs (C(OH)–C–C–N with tert-alkyl or cyclic N) is 1. The maximum absolute atomic E-state index is 10.7. The molecule has 4 heteroatoms. The minimum Gasteiger partial charge on any atom is -0.390 e. The first-order chi connectivity index (χ1) is 11.3. The van der Waals surface area contributed by atoms with Crippen LogP contribution in [-0.2, 0) is 6.54 Å². The molecule has 2 aliphatic heterocycles. The van der Waals surface area contributed by atoms with E-state index in [0.717, 1.165) is 26.1 Å². The summed E-state index contributed by atoms with van der Waals surface area (Å²) in [5.41, 5.74) is 2.54. The zero-order valence-electron chi connectivity index (χ0n) is 13.1. The molecule has 2 aliphatic rings. The molecule has 0 bridgehead atoms. The second-order valence-corrected chi connectivity index (χ2v) is 7.95. The second-order valence-electron chi connectivity index (χ2n) is 6.51. The summed E-state index contributed by atoms with van der Waals surface area (Å²) in [6, 6.07) is 21.0. The van der Waals surface area contributed by atoms with Crippen LogP contribution in [0.4, 0.5) is 5.69 Å². The van der Waals surface area contributed by atoms with Crippen molar-refractivity contribution < 1.29 is 5.11 Å². The predicted molar refractivity (Wildman–Crippen MR) is 96.5 cm³/mol. The molecule has 0 unspecified atom stereocenters. The molecule has 2 saturated heterocycles. The highest BCUT2D eigenvalue weighted by Gasteiger charge is 2.51. The van der Waals surface area contributed by atoms with Crippen molar-refractivity contribution in [2.75, 3.05) is 23.9 Å².